The van der Waals surface area contributed by atoms with E-state index >= 15 is 0 Å². The molecule has 17 aromatic rings. The number of fused-ring (bicyclic) bond motifs is 7. The van der Waals surface area contributed by atoms with Gasteiger partial charge in [-0.2, -0.15) is 25.5 Å². The zero-order chi connectivity index (χ0) is 94.2. The molecule has 10 N–H and O–H groups in total. The van der Waals surface area contributed by atoms with Crippen molar-refractivity contribution in [1.29, 1.82) is 0 Å². The molecular weight excluding hydrogens is 1840 g/mol. The number of hydrogen-bond acceptors (Lipinski definition) is 21. The molecular formula is C101H80Cl4N24O5S2. The number of thiophene rings is 2. The summed E-state index contributed by atoms with van der Waals surface area (Å²) in [6.07, 6.45) is 10.2. The van der Waals surface area contributed by atoms with Crippen molar-refractivity contribution in [3.05, 3.63) is 405 Å². The molecule has 136 heavy (non-hydrogen) atoms. The normalized spacial score (nSPS) is 15.9. The Morgan fingerprint density at radius 2 is 0.846 bits per heavy atom. The SMILES string of the molecule is [C-]#[N+]C1=C(CCC)Nc2n[nH]c(-c3cccc(OC)c3)c2C1c1ccccc1Cl.[C-]#[N+]C1=C(CCC)Nc2n[nH]c(-c3ccccc3OC)c2C1c1ccccc1Cl.[C-]#[N+]C1=C(CCC)Nc2n[nH]c(-c3ccco3)c2C1c1ccccc1Cl.[C-]#[N+]C1=C(c2ccc(C)s2)Nc2[nH]ncc2C1c1cccc2nonc12.[C-]#[N+]C1=C(c2ccc(Cl)s2)Nc2[nH]ncc2C1c1cccc2nonc12. The first-order chi connectivity index (χ1) is 66.6. The minimum Gasteiger partial charge on any atom is -0.497 e. The molecule has 0 saturated heterocycles. The summed E-state index contributed by atoms with van der Waals surface area (Å²) in [6.45, 7) is 47.7. The number of ether oxygens (including phenoxy) is 2. The number of aryl methyl sites for hydroxylation is 1. The van der Waals surface area contributed by atoms with E-state index in [1.54, 1.807) is 44.2 Å². The first-order valence-corrected chi connectivity index (χ1v) is 46.3. The number of benzene rings is 7. The maximum atomic E-state index is 7.93. The molecule has 0 radical (unpaired) electrons. The van der Waals surface area contributed by atoms with Crippen molar-refractivity contribution in [2.24, 2.45) is 0 Å². The van der Waals surface area contributed by atoms with Gasteiger partial charge in [-0.1, -0.05) is 190 Å². The highest BCUT2D eigenvalue weighted by atomic mass is 35.5. The molecule has 0 saturated carbocycles. The van der Waals surface area contributed by atoms with Crippen molar-refractivity contribution in [2.75, 3.05) is 40.8 Å². The van der Waals surface area contributed by atoms with Crippen LogP contribution in [0, 0.1) is 39.8 Å². The van der Waals surface area contributed by atoms with Crippen molar-refractivity contribution in [3.63, 3.8) is 0 Å². The second kappa shape index (κ2) is 40.2. The van der Waals surface area contributed by atoms with Gasteiger partial charge in [0.1, 0.15) is 50.9 Å². The van der Waals surface area contributed by atoms with E-state index in [2.05, 4.69) is 156 Å². The fraction of sp³-hybridized carbons (Fsp3) is 0.168. The summed E-state index contributed by atoms with van der Waals surface area (Å²) in [5.41, 5.74) is 23.2. The van der Waals surface area contributed by atoms with Crippen molar-refractivity contribution in [1.82, 2.24) is 71.6 Å². The zero-order valence-electron chi connectivity index (χ0n) is 73.5. The van der Waals surface area contributed by atoms with Crippen LogP contribution in [-0.2, 0) is 0 Å². The van der Waals surface area contributed by atoms with Crippen molar-refractivity contribution in [2.45, 2.75) is 95.8 Å². The highest BCUT2D eigenvalue weighted by Crippen LogP contribution is 2.55. The average Bonchev–Trinajstić information content (AvgIpc) is 1.56. The van der Waals surface area contributed by atoms with Gasteiger partial charge in [-0.3, -0.25) is 25.5 Å². The lowest BCUT2D eigenvalue weighted by atomic mass is 9.83. The molecule has 5 aliphatic rings. The Bertz CT molecular complexity index is 7600. The molecule has 15 heterocycles. The molecule has 0 spiro atoms. The van der Waals surface area contributed by atoms with E-state index in [0.29, 0.717) is 81.4 Å². The minimum atomic E-state index is -0.339. The number of methoxy groups -OCH3 is 2. The van der Waals surface area contributed by atoms with Gasteiger partial charge < -0.3 is 40.5 Å². The first kappa shape index (κ1) is 90.5. The summed E-state index contributed by atoms with van der Waals surface area (Å²) in [7, 11) is 3.29. The molecule has 35 heteroatoms. The number of hydrogen-bond donors (Lipinski definition) is 10. The van der Waals surface area contributed by atoms with Gasteiger partial charge in [-0.15, -0.1) is 22.7 Å². The monoisotopic (exact) mass is 1910 g/mol. The molecule has 5 unspecified atom stereocenters. The van der Waals surface area contributed by atoms with E-state index in [9.17, 15) is 0 Å². The standard InChI is InChI=1S/2C23H21ClN4O.C20H17ClN4O.C18H12N6OS.C17H9ClN6OS/c1-4-9-17-22(25-2)19(14-10-5-7-12-16(14)24)20-21(27-28-23(20)26-17)15-11-6-8-13-18(15)29-3;1-4-8-18-22(25-2)19(16-11-5-6-12-17(16)24)20-21(27-28-23(20)26-18)14-9-7-10-15(13-14)29-3;1-3-7-14-18(22-2)16(12-8-4-5-9-13(12)21)17-19(15-10-6-11-26-15)24-25-20(17)23-14;1-9-6-7-13(26-9)16-17(19-2)14(11-8-20-22-18(11)21-16)10-4-3-5-12-15(10)24-25-23-12;1-19-16-13(8-3-2-4-10-14(8)24-25-23-10)9-7-20-22-17(9)21-15(16)11-5-6-12(18)26-11/h5-8,10-13,19H,4,9H2,1,3H3,(H2,26,27,28);5-7,9-13,19H,4,8H2,1,3H3,(H2,26,27,28);4-6,8-11,16H,3,7H2,1H3,(H2,23,24,25);3-8,14H,1H3,(H2,20,21,22);2-7,13H,(H2,20,21,22). The first-order valence-electron chi connectivity index (χ1n) is 43.1. The number of halogens is 4. The van der Waals surface area contributed by atoms with Gasteiger partial charge in [0.15, 0.2) is 40.3 Å². The lowest BCUT2D eigenvalue weighted by Crippen LogP contribution is -2.18. The van der Waals surface area contributed by atoms with Crippen LogP contribution in [0.25, 0.3) is 91.7 Å². The number of rotatable bonds is 18. The number of aromatic amines is 5. The second-order valence-electron chi connectivity index (χ2n) is 31.6. The fourth-order valence-corrected chi connectivity index (χ4v) is 20.4. The van der Waals surface area contributed by atoms with E-state index < -0.39 is 0 Å². The Morgan fingerprint density at radius 3 is 1.29 bits per heavy atom. The maximum Gasteiger partial charge on any atom is 0.201 e. The number of H-pyrrole nitrogens is 5. The smallest absolute Gasteiger partial charge is 0.201 e. The molecule has 0 aliphatic carbocycles. The van der Waals surface area contributed by atoms with Crippen LogP contribution in [0.4, 0.5) is 29.1 Å². The highest BCUT2D eigenvalue weighted by Gasteiger charge is 2.42. The molecule has 0 fully saturated rings. The number of furan rings is 1. The lowest BCUT2D eigenvalue weighted by Gasteiger charge is -2.27. The van der Waals surface area contributed by atoms with Gasteiger partial charge in [0.05, 0.1) is 122 Å². The third-order valence-corrected chi connectivity index (χ3v) is 27.0. The second-order valence-corrected chi connectivity index (χ2v) is 35.9. The third-order valence-electron chi connectivity index (χ3n) is 23.7. The van der Waals surface area contributed by atoms with Crippen LogP contribution in [0.2, 0.25) is 19.4 Å². The van der Waals surface area contributed by atoms with Crippen LogP contribution < -0.4 is 36.1 Å². The summed E-state index contributed by atoms with van der Waals surface area (Å²) < 4.78 is 27.0. The average molecular weight is 1920 g/mol. The van der Waals surface area contributed by atoms with E-state index in [4.69, 9.17) is 102 Å². The fourth-order valence-electron chi connectivity index (χ4n) is 17.7. The van der Waals surface area contributed by atoms with Gasteiger partial charge in [0.2, 0.25) is 11.4 Å². The Labute approximate surface area is 807 Å². The lowest BCUT2D eigenvalue weighted by molar-refractivity contribution is 0.315. The van der Waals surface area contributed by atoms with Crippen LogP contribution >= 0.6 is 69.1 Å². The highest BCUT2D eigenvalue weighted by molar-refractivity contribution is 7.17. The number of nitrogens with zero attached hydrogens (tertiary/aromatic N) is 14. The maximum absolute atomic E-state index is 7.93. The van der Waals surface area contributed by atoms with E-state index in [0.717, 1.165) is 195 Å². The van der Waals surface area contributed by atoms with Gasteiger partial charge in [-0.05, 0) is 166 Å². The van der Waals surface area contributed by atoms with Crippen LogP contribution in [0.15, 0.2) is 272 Å². The summed E-state index contributed by atoms with van der Waals surface area (Å²) >= 11 is 28.9. The predicted octanol–water partition coefficient (Wildman–Crippen LogP) is 26.9. The number of allylic oxidation sites excluding steroid dienone is 8. The number of para-hydroxylation sites is 1. The molecule has 10 aromatic heterocycles. The van der Waals surface area contributed by atoms with Crippen LogP contribution in [0.5, 0.6) is 11.5 Å². The third kappa shape index (κ3) is 17.4. The topological polar surface area (TPSA) is 335 Å². The van der Waals surface area contributed by atoms with Gasteiger partial charge in [-0.25, -0.2) is 33.5 Å². The minimum absolute atomic E-state index is 0.293. The van der Waals surface area contributed by atoms with Crippen molar-refractivity contribution in [3.8, 4) is 45.5 Å². The zero-order valence-corrected chi connectivity index (χ0v) is 78.1. The van der Waals surface area contributed by atoms with E-state index in [1.807, 2.05) is 188 Å². The quantitative estimate of drug-likeness (QED) is 0.0357. The summed E-state index contributed by atoms with van der Waals surface area (Å²) in [5, 5.41) is 71.8. The molecule has 0 bridgehead atoms. The number of nitrogens with one attached hydrogen (secondary N) is 10. The van der Waals surface area contributed by atoms with Crippen LogP contribution in [0.3, 0.4) is 0 Å². The van der Waals surface area contributed by atoms with Gasteiger partial charge in [0, 0.05) is 85.7 Å². The molecule has 22 rings (SSSR count). The van der Waals surface area contributed by atoms with E-state index in [1.165, 1.54) is 16.2 Å². The van der Waals surface area contributed by atoms with Crippen molar-refractivity contribution < 1.29 is 23.1 Å². The molecule has 5 aliphatic heterocycles. The summed E-state index contributed by atoms with van der Waals surface area (Å²) in [6, 6.07) is 61.5. The van der Waals surface area contributed by atoms with E-state index in [-0.39, 0.29) is 29.6 Å². The molecule has 7 aromatic carbocycles. The molecule has 5 atom stereocenters. The Balaban J connectivity index is 0.000000113. The van der Waals surface area contributed by atoms with Crippen molar-refractivity contribution >= 4 is 132 Å². The predicted molar refractivity (Wildman–Crippen MR) is 531 cm³/mol. The Morgan fingerprint density at radius 1 is 0.404 bits per heavy atom. The molecule has 29 nitrogen and oxygen atoms in total. The number of anilines is 5. The molecule has 674 valence electrons. The van der Waals surface area contributed by atoms with Crippen LogP contribution in [0.1, 0.15) is 159 Å². The summed E-state index contributed by atoms with van der Waals surface area (Å²) in [5.74, 6) is 4.38. The van der Waals surface area contributed by atoms with Gasteiger partial charge in [0.25, 0.3) is 0 Å². The summed E-state index contributed by atoms with van der Waals surface area (Å²) in [4.78, 5) is 22.6. The number of aromatic nitrogens is 14. The van der Waals surface area contributed by atoms with Gasteiger partial charge >= 0.3 is 0 Å². The molecule has 0 amide bonds. The van der Waals surface area contributed by atoms with Crippen LogP contribution in [-0.4, -0.2) is 85.8 Å². The largest absolute Gasteiger partial charge is 0.497 e. The Kier molecular flexibility index (Phi) is 26.8. The Hall–Kier alpha value is -16.0.